The van der Waals surface area contributed by atoms with E-state index in [1.54, 1.807) is 69.3 Å². The first kappa shape index (κ1) is 21.6. The summed E-state index contributed by atoms with van der Waals surface area (Å²) in [6, 6.07) is 12.8. The van der Waals surface area contributed by atoms with E-state index >= 15 is 0 Å². The summed E-state index contributed by atoms with van der Waals surface area (Å²) >= 11 is 5.91. The number of hydrogen-bond donors (Lipinski definition) is 2. The Morgan fingerprint density at radius 1 is 1.00 bits per heavy atom. The number of aliphatic carboxylic acids is 1. The molecule has 0 radical (unpaired) electrons. The minimum Gasteiger partial charge on any atom is -0.480 e. The highest BCUT2D eigenvalue weighted by atomic mass is 35.5. The van der Waals surface area contributed by atoms with E-state index < -0.39 is 23.5 Å². The number of carbonyl (C=O) groups is 2. The van der Waals surface area contributed by atoms with Crippen molar-refractivity contribution in [2.75, 3.05) is 5.32 Å². The van der Waals surface area contributed by atoms with Crippen molar-refractivity contribution in [3.63, 3.8) is 0 Å². The number of aromatic nitrogens is 1. The van der Waals surface area contributed by atoms with Gasteiger partial charge in [-0.3, -0.25) is 9.59 Å². The molecule has 1 amide bonds. The van der Waals surface area contributed by atoms with Crippen LogP contribution in [0.15, 0.2) is 59.5 Å². The molecule has 0 aliphatic carbocycles. The van der Waals surface area contributed by atoms with Crippen molar-refractivity contribution in [3.05, 3.63) is 75.7 Å². The second kappa shape index (κ2) is 8.71. The maximum Gasteiger partial charge on any atom is 0.327 e. The van der Waals surface area contributed by atoms with Gasteiger partial charge in [0.25, 0.3) is 5.56 Å². The molecule has 156 valence electrons. The Bertz CT molecular complexity index is 1150. The summed E-state index contributed by atoms with van der Waals surface area (Å²) in [6.07, 6.45) is 1.47. The molecule has 7 heteroatoms. The summed E-state index contributed by atoms with van der Waals surface area (Å²) in [4.78, 5) is 37.4. The maximum atomic E-state index is 13.0. The normalized spacial score (nSPS) is 13.2. The average Bonchev–Trinajstić information content (AvgIpc) is 2.70. The van der Waals surface area contributed by atoms with Crippen LogP contribution in [0.4, 0.5) is 5.69 Å². The SMILES string of the molecule is CC(C(=O)Nc1cccc2c(=O)n([C@@H](C(=O)O)C(C)C)ccc12)c1ccc(Cl)cc1. The molecule has 2 aromatic carbocycles. The van der Waals surface area contributed by atoms with Crippen LogP contribution in [0.2, 0.25) is 5.02 Å². The van der Waals surface area contributed by atoms with Crippen LogP contribution in [0.25, 0.3) is 10.8 Å². The van der Waals surface area contributed by atoms with Crippen LogP contribution >= 0.6 is 11.6 Å². The number of benzene rings is 2. The fraction of sp³-hybridized carbons (Fsp3) is 0.261. The number of rotatable bonds is 6. The van der Waals surface area contributed by atoms with Crippen LogP contribution < -0.4 is 10.9 Å². The minimum absolute atomic E-state index is 0.223. The number of carboxylic acids is 1. The van der Waals surface area contributed by atoms with E-state index in [0.717, 1.165) is 5.56 Å². The Morgan fingerprint density at radius 2 is 1.67 bits per heavy atom. The molecular formula is C23H23ClN2O4. The Labute approximate surface area is 179 Å². The molecule has 0 fully saturated rings. The molecule has 1 aromatic heterocycles. The highest BCUT2D eigenvalue weighted by molar-refractivity contribution is 6.30. The second-order valence-corrected chi connectivity index (χ2v) is 8.02. The Hall–Kier alpha value is -3.12. The standard InChI is InChI=1S/C23H23ClN2O4/c1-13(2)20(23(29)30)26-12-11-17-18(22(26)28)5-4-6-19(17)25-21(27)14(3)15-7-9-16(24)10-8-15/h4-14,20H,1-3H3,(H,25,27)(H,29,30)/t14?,20-/m1/s1. The van der Waals surface area contributed by atoms with Crippen LogP contribution in [0.1, 0.15) is 38.3 Å². The lowest BCUT2D eigenvalue weighted by molar-refractivity contribution is -0.142. The number of fused-ring (bicyclic) bond motifs is 1. The van der Waals surface area contributed by atoms with Gasteiger partial charge in [-0.15, -0.1) is 0 Å². The van der Waals surface area contributed by atoms with E-state index in [2.05, 4.69) is 5.32 Å². The molecule has 3 aromatic rings. The zero-order chi connectivity index (χ0) is 22.0. The molecule has 30 heavy (non-hydrogen) atoms. The molecule has 6 nitrogen and oxygen atoms in total. The third kappa shape index (κ3) is 4.24. The van der Waals surface area contributed by atoms with E-state index in [-0.39, 0.29) is 11.8 Å². The molecule has 0 bridgehead atoms. The van der Waals surface area contributed by atoms with Gasteiger partial charge in [0.2, 0.25) is 5.91 Å². The molecule has 1 heterocycles. The summed E-state index contributed by atoms with van der Waals surface area (Å²) in [5, 5.41) is 13.9. The van der Waals surface area contributed by atoms with Crippen molar-refractivity contribution in [1.29, 1.82) is 0 Å². The monoisotopic (exact) mass is 426 g/mol. The largest absolute Gasteiger partial charge is 0.480 e. The quantitative estimate of drug-likeness (QED) is 0.599. The Balaban J connectivity index is 1.97. The molecule has 0 saturated heterocycles. The van der Waals surface area contributed by atoms with E-state index in [1.165, 1.54) is 10.8 Å². The number of nitrogens with zero attached hydrogens (tertiary/aromatic N) is 1. The number of carboxylic acid groups (broad SMARTS) is 1. The summed E-state index contributed by atoms with van der Waals surface area (Å²) < 4.78 is 1.23. The van der Waals surface area contributed by atoms with Gasteiger partial charge in [0.05, 0.1) is 5.92 Å². The van der Waals surface area contributed by atoms with Gasteiger partial charge in [-0.2, -0.15) is 0 Å². The fourth-order valence-corrected chi connectivity index (χ4v) is 3.62. The number of hydrogen-bond acceptors (Lipinski definition) is 3. The predicted octanol–water partition coefficient (Wildman–Crippen LogP) is 4.68. The van der Waals surface area contributed by atoms with Gasteiger partial charge < -0.3 is 15.0 Å². The molecule has 2 N–H and O–H groups in total. The molecule has 0 saturated carbocycles. The predicted molar refractivity (Wildman–Crippen MR) is 118 cm³/mol. The summed E-state index contributed by atoms with van der Waals surface area (Å²) in [5.41, 5.74) is 0.912. The van der Waals surface area contributed by atoms with Gasteiger partial charge >= 0.3 is 5.97 Å². The zero-order valence-corrected chi connectivity index (χ0v) is 17.7. The van der Waals surface area contributed by atoms with Crippen LogP contribution in [0.3, 0.4) is 0 Å². The summed E-state index contributed by atoms with van der Waals surface area (Å²) in [6.45, 7) is 5.30. The first-order valence-corrected chi connectivity index (χ1v) is 10.0. The lowest BCUT2D eigenvalue weighted by Crippen LogP contribution is -2.32. The number of pyridine rings is 1. The van der Waals surface area contributed by atoms with E-state index in [9.17, 15) is 19.5 Å². The third-order valence-corrected chi connectivity index (χ3v) is 5.43. The van der Waals surface area contributed by atoms with Crippen molar-refractivity contribution < 1.29 is 14.7 Å². The smallest absolute Gasteiger partial charge is 0.327 e. The summed E-state index contributed by atoms with van der Waals surface area (Å²) in [7, 11) is 0. The van der Waals surface area contributed by atoms with Crippen molar-refractivity contribution in [2.24, 2.45) is 5.92 Å². The van der Waals surface area contributed by atoms with Gasteiger partial charge in [0.1, 0.15) is 6.04 Å². The van der Waals surface area contributed by atoms with Gasteiger partial charge in [0.15, 0.2) is 0 Å². The molecule has 1 unspecified atom stereocenters. The fourth-order valence-electron chi connectivity index (χ4n) is 3.49. The Kier molecular flexibility index (Phi) is 6.27. The average molecular weight is 427 g/mol. The lowest BCUT2D eigenvalue weighted by Gasteiger charge is -2.20. The van der Waals surface area contributed by atoms with Crippen molar-refractivity contribution in [3.8, 4) is 0 Å². The number of halogens is 1. The number of anilines is 1. The number of amides is 1. The Morgan fingerprint density at radius 3 is 2.27 bits per heavy atom. The molecule has 2 atom stereocenters. The van der Waals surface area contributed by atoms with Crippen molar-refractivity contribution in [1.82, 2.24) is 4.57 Å². The van der Waals surface area contributed by atoms with Gasteiger partial charge in [-0.05, 0) is 48.7 Å². The van der Waals surface area contributed by atoms with Gasteiger partial charge in [-0.25, -0.2) is 4.79 Å². The lowest BCUT2D eigenvalue weighted by atomic mass is 10.00. The first-order valence-electron chi connectivity index (χ1n) is 9.63. The highest BCUT2D eigenvalue weighted by Gasteiger charge is 2.25. The molecule has 3 rings (SSSR count). The van der Waals surface area contributed by atoms with Crippen molar-refractivity contribution in [2.45, 2.75) is 32.7 Å². The van der Waals surface area contributed by atoms with E-state index in [0.29, 0.717) is 21.5 Å². The van der Waals surface area contributed by atoms with Crippen molar-refractivity contribution >= 4 is 39.9 Å². The minimum atomic E-state index is -1.06. The number of nitrogens with one attached hydrogen (secondary N) is 1. The molecule has 0 aliphatic rings. The third-order valence-electron chi connectivity index (χ3n) is 5.18. The topological polar surface area (TPSA) is 88.4 Å². The summed E-state index contributed by atoms with van der Waals surface area (Å²) in [5.74, 6) is -1.97. The number of carbonyl (C=O) groups excluding carboxylic acids is 1. The molecule has 0 spiro atoms. The zero-order valence-electron chi connectivity index (χ0n) is 16.9. The molecular weight excluding hydrogens is 404 g/mol. The van der Waals surface area contributed by atoms with E-state index in [1.807, 2.05) is 0 Å². The van der Waals surface area contributed by atoms with Crippen LogP contribution in [-0.2, 0) is 9.59 Å². The van der Waals surface area contributed by atoms with Crippen LogP contribution in [0, 0.1) is 5.92 Å². The second-order valence-electron chi connectivity index (χ2n) is 7.58. The molecule has 0 aliphatic heterocycles. The highest BCUT2D eigenvalue weighted by Crippen LogP contribution is 2.25. The van der Waals surface area contributed by atoms with Crippen LogP contribution in [0.5, 0.6) is 0 Å². The van der Waals surface area contributed by atoms with Crippen LogP contribution in [-0.4, -0.2) is 21.6 Å². The van der Waals surface area contributed by atoms with Gasteiger partial charge in [-0.1, -0.05) is 43.6 Å². The maximum absolute atomic E-state index is 13.0. The van der Waals surface area contributed by atoms with E-state index in [4.69, 9.17) is 11.6 Å². The van der Waals surface area contributed by atoms with Gasteiger partial charge in [0, 0.05) is 27.7 Å². The first-order chi connectivity index (χ1) is 14.2.